The fourth-order valence-corrected chi connectivity index (χ4v) is 3.79. The molecular weight excluding hydrogens is 422 g/mol. The molecule has 0 aliphatic heterocycles. The lowest BCUT2D eigenvalue weighted by atomic mass is 10.00. The van der Waals surface area contributed by atoms with Crippen LogP contribution >= 0.6 is 0 Å². The van der Waals surface area contributed by atoms with Crippen LogP contribution in [0, 0.1) is 6.92 Å². The van der Waals surface area contributed by atoms with Crippen LogP contribution in [0.4, 0.5) is 0 Å². The van der Waals surface area contributed by atoms with Gasteiger partial charge in [-0.25, -0.2) is 9.78 Å². The molecule has 0 unspecified atom stereocenters. The minimum Gasteiger partial charge on any atom is -0.506 e. The number of ether oxygens (including phenoxy) is 1. The van der Waals surface area contributed by atoms with Gasteiger partial charge in [0, 0.05) is 34.6 Å². The quantitative estimate of drug-likeness (QED) is 0.238. The molecule has 0 atom stereocenters. The number of aryl methyl sites for hydroxylation is 1. The topological polar surface area (TPSA) is 114 Å². The zero-order valence-electron chi connectivity index (χ0n) is 17.9. The van der Waals surface area contributed by atoms with Crippen molar-refractivity contribution >= 4 is 39.8 Å². The van der Waals surface area contributed by atoms with E-state index in [0.29, 0.717) is 22.9 Å². The van der Waals surface area contributed by atoms with Gasteiger partial charge in [0.15, 0.2) is 11.6 Å². The maximum absolute atomic E-state index is 13.0. The summed E-state index contributed by atoms with van der Waals surface area (Å²) in [6.45, 7) is 5.31. The lowest BCUT2D eigenvalue weighted by molar-refractivity contribution is -0.137. The Labute approximate surface area is 189 Å². The fraction of sp³-hybridized carbons (Fsp3) is 0.154. The van der Waals surface area contributed by atoms with E-state index in [0.717, 1.165) is 11.6 Å². The van der Waals surface area contributed by atoms with Gasteiger partial charge >= 0.3 is 5.97 Å². The molecule has 7 nitrogen and oxygen atoms in total. The average molecular weight is 443 g/mol. The highest BCUT2D eigenvalue weighted by molar-refractivity contribution is 6.39. The van der Waals surface area contributed by atoms with Gasteiger partial charge in [-0.15, -0.1) is 0 Å². The summed E-state index contributed by atoms with van der Waals surface area (Å²) >= 11 is 0. The highest BCUT2D eigenvalue weighted by Gasteiger charge is 2.34. The molecule has 1 aliphatic carbocycles. The van der Waals surface area contributed by atoms with Gasteiger partial charge in [0.1, 0.15) is 17.2 Å². The number of hydrogen-bond donors (Lipinski definition) is 2. The standard InChI is InChI=1S/C26H21NO6/c1-3-22(30)33-10-4-5-20(28)15-7-8-17-18(12-15)26(32)23(25(17)31)24-21(29)13-16-11-14(2)6-9-19(16)27-24/h3,6-9,11-13,29,32H,1,4-5,10H2,2H3. The second-order valence-electron chi connectivity index (χ2n) is 7.76. The van der Waals surface area contributed by atoms with E-state index >= 15 is 0 Å². The van der Waals surface area contributed by atoms with Crippen LogP contribution < -0.4 is 0 Å². The highest BCUT2D eigenvalue weighted by atomic mass is 16.5. The Morgan fingerprint density at radius 2 is 1.88 bits per heavy atom. The number of pyridine rings is 1. The molecule has 4 rings (SSSR count). The number of Topliss-reactive ketones (excluding diaryl/α,β-unsaturated/α-hetero) is 2. The number of nitrogens with zero attached hydrogens (tertiary/aromatic N) is 1. The Morgan fingerprint density at radius 1 is 1.09 bits per heavy atom. The number of benzene rings is 2. The first kappa shape index (κ1) is 22.0. The number of hydrogen-bond acceptors (Lipinski definition) is 7. The molecule has 0 radical (unpaired) electrons. The van der Waals surface area contributed by atoms with E-state index in [1.54, 1.807) is 6.07 Å². The van der Waals surface area contributed by atoms with Crippen LogP contribution in [-0.4, -0.2) is 39.3 Å². The molecule has 2 N–H and O–H groups in total. The van der Waals surface area contributed by atoms with E-state index in [4.69, 9.17) is 4.74 Å². The molecule has 0 saturated carbocycles. The number of ketones is 2. The lowest BCUT2D eigenvalue weighted by Gasteiger charge is -2.07. The monoisotopic (exact) mass is 443 g/mol. The number of fused-ring (bicyclic) bond motifs is 2. The van der Waals surface area contributed by atoms with Gasteiger partial charge in [0.25, 0.3) is 0 Å². The number of carbonyl (C=O) groups is 3. The molecule has 7 heteroatoms. The van der Waals surface area contributed by atoms with E-state index in [9.17, 15) is 24.6 Å². The van der Waals surface area contributed by atoms with Crippen molar-refractivity contribution < 1.29 is 29.3 Å². The molecular formula is C26H21NO6. The fourth-order valence-electron chi connectivity index (χ4n) is 3.79. The lowest BCUT2D eigenvalue weighted by Crippen LogP contribution is -2.06. The number of rotatable bonds is 7. The van der Waals surface area contributed by atoms with Crippen molar-refractivity contribution in [3.8, 4) is 5.75 Å². The second kappa shape index (κ2) is 8.70. The molecule has 1 aromatic heterocycles. The summed E-state index contributed by atoms with van der Waals surface area (Å²) in [6.07, 6.45) is 1.51. The van der Waals surface area contributed by atoms with Crippen molar-refractivity contribution in [3.63, 3.8) is 0 Å². The molecule has 33 heavy (non-hydrogen) atoms. The molecule has 0 bridgehead atoms. The summed E-state index contributed by atoms with van der Waals surface area (Å²) in [5.41, 5.74) is 2.21. The maximum Gasteiger partial charge on any atom is 0.330 e. The van der Waals surface area contributed by atoms with Crippen LogP contribution in [-0.2, 0) is 9.53 Å². The number of aliphatic hydroxyl groups excluding tert-OH is 1. The molecule has 2 aromatic carbocycles. The Hall–Kier alpha value is -4.26. The minimum atomic E-state index is -0.554. The van der Waals surface area contributed by atoms with Crippen LogP contribution in [0.5, 0.6) is 5.75 Å². The molecule has 0 fully saturated rings. The zero-order valence-corrected chi connectivity index (χ0v) is 17.9. The number of aliphatic hydroxyl groups is 1. The van der Waals surface area contributed by atoms with Crippen LogP contribution in [0.3, 0.4) is 0 Å². The molecule has 1 heterocycles. The highest BCUT2D eigenvalue weighted by Crippen LogP contribution is 2.40. The Kier molecular flexibility index (Phi) is 5.79. The predicted octanol–water partition coefficient (Wildman–Crippen LogP) is 4.56. The van der Waals surface area contributed by atoms with Crippen molar-refractivity contribution in [2.75, 3.05) is 6.61 Å². The number of carbonyl (C=O) groups excluding carboxylic acids is 3. The number of aromatic hydroxyl groups is 1. The summed E-state index contributed by atoms with van der Waals surface area (Å²) < 4.78 is 4.86. The predicted molar refractivity (Wildman–Crippen MR) is 123 cm³/mol. The van der Waals surface area contributed by atoms with Gasteiger partial charge in [-0.3, -0.25) is 9.59 Å². The van der Waals surface area contributed by atoms with E-state index in [2.05, 4.69) is 11.6 Å². The van der Waals surface area contributed by atoms with Gasteiger partial charge in [-0.05, 0) is 43.7 Å². The first-order chi connectivity index (χ1) is 15.8. The molecule has 0 spiro atoms. The first-order valence-electron chi connectivity index (χ1n) is 10.4. The number of esters is 1. The van der Waals surface area contributed by atoms with Gasteiger partial charge < -0.3 is 14.9 Å². The Bertz CT molecular complexity index is 1370. The third-order valence-electron chi connectivity index (χ3n) is 5.45. The van der Waals surface area contributed by atoms with Crippen molar-refractivity contribution in [2.45, 2.75) is 19.8 Å². The SMILES string of the molecule is C=CC(=O)OCCCC(=O)c1ccc2c(c1)C(O)=C(c1nc3ccc(C)cc3cc1O)C2=O. The van der Waals surface area contributed by atoms with Crippen molar-refractivity contribution in [1.29, 1.82) is 0 Å². The summed E-state index contributed by atoms with van der Waals surface area (Å²) in [6, 6.07) is 11.5. The van der Waals surface area contributed by atoms with Gasteiger partial charge in [0.2, 0.25) is 0 Å². The maximum atomic E-state index is 13.0. The van der Waals surface area contributed by atoms with Crippen LogP contribution in [0.1, 0.15) is 50.4 Å². The third-order valence-corrected chi connectivity index (χ3v) is 5.45. The Balaban J connectivity index is 1.63. The average Bonchev–Trinajstić information content (AvgIpc) is 3.05. The van der Waals surface area contributed by atoms with E-state index < -0.39 is 11.8 Å². The van der Waals surface area contributed by atoms with Crippen molar-refractivity contribution in [3.05, 3.63) is 83.1 Å². The van der Waals surface area contributed by atoms with Crippen LogP contribution in [0.25, 0.3) is 22.2 Å². The number of aromatic nitrogens is 1. The smallest absolute Gasteiger partial charge is 0.330 e. The van der Waals surface area contributed by atoms with Crippen molar-refractivity contribution in [2.24, 2.45) is 0 Å². The van der Waals surface area contributed by atoms with Crippen LogP contribution in [0.15, 0.2) is 55.1 Å². The summed E-state index contributed by atoms with van der Waals surface area (Å²) in [4.78, 5) is 41.0. The summed E-state index contributed by atoms with van der Waals surface area (Å²) in [5, 5.41) is 22.1. The van der Waals surface area contributed by atoms with E-state index in [1.807, 2.05) is 19.1 Å². The first-order valence-corrected chi connectivity index (χ1v) is 10.4. The summed E-state index contributed by atoms with van der Waals surface area (Å²) in [7, 11) is 0. The third kappa shape index (κ3) is 4.13. The van der Waals surface area contributed by atoms with Crippen LogP contribution in [0.2, 0.25) is 0 Å². The zero-order chi connectivity index (χ0) is 23.7. The van der Waals surface area contributed by atoms with Gasteiger partial charge in [0.05, 0.1) is 17.7 Å². The Morgan fingerprint density at radius 3 is 2.64 bits per heavy atom. The minimum absolute atomic E-state index is 0.0121. The van der Waals surface area contributed by atoms with Gasteiger partial charge in [-0.1, -0.05) is 24.3 Å². The van der Waals surface area contributed by atoms with E-state index in [1.165, 1.54) is 24.3 Å². The van der Waals surface area contributed by atoms with Crippen molar-refractivity contribution in [1.82, 2.24) is 4.98 Å². The molecule has 0 amide bonds. The number of allylic oxidation sites excluding steroid dienone is 1. The summed E-state index contributed by atoms with van der Waals surface area (Å²) in [5.74, 6) is -1.81. The molecule has 0 saturated heterocycles. The second-order valence-corrected chi connectivity index (χ2v) is 7.76. The molecule has 1 aliphatic rings. The molecule has 166 valence electrons. The normalized spacial score (nSPS) is 12.7. The largest absolute Gasteiger partial charge is 0.506 e. The van der Waals surface area contributed by atoms with E-state index in [-0.39, 0.29) is 52.7 Å². The van der Waals surface area contributed by atoms with Gasteiger partial charge in [-0.2, -0.15) is 0 Å². The molecule has 3 aromatic rings.